The molecule has 0 fully saturated rings. The van der Waals surface area contributed by atoms with Gasteiger partial charge in [-0.3, -0.25) is 0 Å². The van der Waals surface area contributed by atoms with Crippen LogP contribution in [-0.2, 0) is 12.8 Å². The molecule has 112 valence electrons. The van der Waals surface area contributed by atoms with Crippen molar-refractivity contribution in [1.29, 1.82) is 0 Å². The average molecular weight is 323 g/mol. The molecule has 1 heterocycles. The highest BCUT2D eigenvalue weighted by molar-refractivity contribution is 7.10. The first-order valence-corrected chi connectivity index (χ1v) is 8.51. The maximum absolute atomic E-state index is 10.7. The van der Waals surface area contributed by atoms with Gasteiger partial charge >= 0.3 is 0 Å². The molecule has 3 rings (SSSR count). The van der Waals surface area contributed by atoms with E-state index in [-0.39, 0.29) is 5.92 Å². The first-order chi connectivity index (χ1) is 10.2. The maximum Gasteiger partial charge on any atom is 0.122 e. The molecule has 2 unspecified atom stereocenters. The van der Waals surface area contributed by atoms with E-state index >= 15 is 0 Å². The normalized spacial score (nSPS) is 19.1. The molecular weight excluding hydrogens is 304 g/mol. The van der Waals surface area contributed by atoms with E-state index < -0.39 is 6.10 Å². The van der Waals surface area contributed by atoms with Crippen molar-refractivity contribution in [3.63, 3.8) is 0 Å². The van der Waals surface area contributed by atoms with Crippen molar-refractivity contribution >= 4 is 22.9 Å². The van der Waals surface area contributed by atoms with E-state index in [0.717, 1.165) is 30.6 Å². The van der Waals surface area contributed by atoms with Gasteiger partial charge in [0, 0.05) is 22.2 Å². The smallest absolute Gasteiger partial charge is 0.122 e. The minimum Gasteiger partial charge on any atom is -0.496 e. The summed E-state index contributed by atoms with van der Waals surface area (Å²) in [4.78, 5) is 1.43. The van der Waals surface area contributed by atoms with Gasteiger partial charge in [-0.1, -0.05) is 11.6 Å². The van der Waals surface area contributed by atoms with Crippen LogP contribution < -0.4 is 4.74 Å². The number of fused-ring (bicyclic) bond motifs is 1. The summed E-state index contributed by atoms with van der Waals surface area (Å²) in [5, 5.41) is 13.5. The quantitative estimate of drug-likeness (QED) is 0.902. The number of halogens is 1. The zero-order valence-electron chi connectivity index (χ0n) is 12.0. The Bertz CT molecular complexity index is 623. The lowest BCUT2D eigenvalue weighted by Crippen LogP contribution is -2.24. The molecule has 0 saturated carbocycles. The lowest BCUT2D eigenvalue weighted by Gasteiger charge is -2.27. The molecule has 0 saturated heterocycles. The zero-order valence-corrected chi connectivity index (χ0v) is 13.6. The Morgan fingerprint density at radius 3 is 3.10 bits per heavy atom. The third-order valence-electron chi connectivity index (χ3n) is 4.23. The van der Waals surface area contributed by atoms with Gasteiger partial charge < -0.3 is 9.84 Å². The lowest BCUT2D eigenvalue weighted by molar-refractivity contribution is 0.134. The monoisotopic (exact) mass is 322 g/mol. The number of aliphatic hydroxyl groups is 1. The fourth-order valence-electron chi connectivity index (χ4n) is 3.20. The van der Waals surface area contributed by atoms with Crippen LogP contribution in [0.2, 0.25) is 5.02 Å². The molecule has 0 radical (unpaired) electrons. The molecule has 2 atom stereocenters. The van der Waals surface area contributed by atoms with Crippen LogP contribution in [0.15, 0.2) is 29.6 Å². The van der Waals surface area contributed by atoms with E-state index in [1.54, 1.807) is 18.4 Å². The van der Waals surface area contributed by atoms with Crippen molar-refractivity contribution in [2.45, 2.75) is 37.7 Å². The molecule has 0 spiro atoms. The lowest BCUT2D eigenvalue weighted by atomic mass is 9.82. The molecule has 0 bridgehead atoms. The van der Waals surface area contributed by atoms with Crippen LogP contribution in [0.3, 0.4) is 0 Å². The van der Waals surface area contributed by atoms with Gasteiger partial charge in [-0.2, -0.15) is 0 Å². The van der Waals surface area contributed by atoms with E-state index in [0.29, 0.717) is 11.4 Å². The minimum absolute atomic E-state index is 0.226. The van der Waals surface area contributed by atoms with Crippen LogP contribution in [0.4, 0.5) is 0 Å². The molecule has 1 N–H and O–H groups in total. The maximum atomic E-state index is 10.7. The summed E-state index contributed by atoms with van der Waals surface area (Å²) in [6.07, 6.45) is 3.53. The molecule has 0 amide bonds. The summed E-state index contributed by atoms with van der Waals surface area (Å²) >= 11 is 7.88. The SMILES string of the molecule is COc1ccc(Cl)cc1CC(O)C1CCCc2sccc21. The number of methoxy groups -OCH3 is 1. The molecule has 2 nitrogen and oxygen atoms in total. The second kappa shape index (κ2) is 6.39. The molecule has 1 aromatic heterocycles. The number of ether oxygens (including phenoxy) is 1. The molecule has 1 aliphatic rings. The standard InChI is InChI=1S/C17H19ClO2S/c1-20-16-6-5-12(18)9-11(16)10-15(19)13-3-2-4-17-14(13)7-8-21-17/h5-9,13,15,19H,2-4,10H2,1H3. The van der Waals surface area contributed by atoms with Gasteiger partial charge in [0.25, 0.3) is 0 Å². The van der Waals surface area contributed by atoms with E-state index in [1.165, 1.54) is 10.4 Å². The third kappa shape index (κ3) is 3.10. The Hall–Kier alpha value is -1.03. The summed E-state index contributed by atoms with van der Waals surface area (Å²) in [6, 6.07) is 7.73. The summed E-state index contributed by atoms with van der Waals surface area (Å²) in [5.41, 5.74) is 2.31. The molecule has 21 heavy (non-hydrogen) atoms. The van der Waals surface area contributed by atoms with Crippen molar-refractivity contribution in [3.05, 3.63) is 50.7 Å². The van der Waals surface area contributed by atoms with Gasteiger partial charge in [0.15, 0.2) is 0 Å². The van der Waals surface area contributed by atoms with E-state index in [9.17, 15) is 5.11 Å². The summed E-state index contributed by atoms with van der Waals surface area (Å²) in [7, 11) is 1.65. The highest BCUT2D eigenvalue weighted by atomic mass is 35.5. The number of benzene rings is 1. The van der Waals surface area contributed by atoms with Gasteiger partial charge in [-0.25, -0.2) is 0 Å². The van der Waals surface area contributed by atoms with E-state index in [2.05, 4.69) is 11.4 Å². The van der Waals surface area contributed by atoms with Crippen LogP contribution in [0.25, 0.3) is 0 Å². The minimum atomic E-state index is -0.397. The zero-order chi connectivity index (χ0) is 14.8. The van der Waals surface area contributed by atoms with Gasteiger partial charge in [0.05, 0.1) is 13.2 Å². The molecule has 4 heteroatoms. The van der Waals surface area contributed by atoms with Crippen molar-refractivity contribution < 1.29 is 9.84 Å². The van der Waals surface area contributed by atoms with E-state index in [1.807, 2.05) is 18.2 Å². The molecular formula is C17H19ClO2S. The summed E-state index contributed by atoms with van der Waals surface area (Å²) in [6.45, 7) is 0. The van der Waals surface area contributed by atoms with Crippen LogP contribution in [-0.4, -0.2) is 18.3 Å². The molecule has 1 aliphatic carbocycles. The average Bonchev–Trinajstić information content (AvgIpc) is 2.95. The van der Waals surface area contributed by atoms with Gasteiger partial charge in [0.1, 0.15) is 5.75 Å². The summed E-state index contributed by atoms with van der Waals surface area (Å²) in [5.74, 6) is 1.02. The first kappa shape index (κ1) is 14.9. The van der Waals surface area contributed by atoms with Gasteiger partial charge in [-0.15, -0.1) is 11.3 Å². The number of hydrogen-bond donors (Lipinski definition) is 1. The fourth-order valence-corrected chi connectivity index (χ4v) is 4.39. The summed E-state index contributed by atoms with van der Waals surface area (Å²) < 4.78 is 5.38. The fraction of sp³-hybridized carbons (Fsp3) is 0.412. The number of rotatable bonds is 4. The van der Waals surface area contributed by atoms with E-state index in [4.69, 9.17) is 16.3 Å². The Balaban J connectivity index is 1.82. The Morgan fingerprint density at radius 1 is 1.43 bits per heavy atom. The highest BCUT2D eigenvalue weighted by Crippen LogP contribution is 2.38. The van der Waals surface area contributed by atoms with Crippen LogP contribution in [0, 0.1) is 0 Å². The van der Waals surface area contributed by atoms with Crippen LogP contribution in [0.1, 0.15) is 34.8 Å². The number of hydrogen-bond acceptors (Lipinski definition) is 3. The van der Waals surface area contributed by atoms with Crippen LogP contribution >= 0.6 is 22.9 Å². The predicted molar refractivity (Wildman–Crippen MR) is 87.7 cm³/mol. The Labute approximate surface area is 134 Å². The Morgan fingerprint density at radius 2 is 2.29 bits per heavy atom. The highest BCUT2D eigenvalue weighted by Gasteiger charge is 2.28. The predicted octanol–water partition coefficient (Wildman–Crippen LogP) is 4.43. The van der Waals surface area contributed by atoms with Gasteiger partial charge in [0.2, 0.25) is 0 Å². The number of thiophene rings is 1. The third-order valence-corrected chi connectivity index (χ3v) is 5.47. The second-order valence-corrected chi connectivity index (χ2v) is 6.96. The van der Waals surface area contributed by atoms with Crippen LogP contribution in [0.5, 0.6) is 5.75 Å². The first-order valence-electron chi connectivity index (χ1n) is 7.26. The topological polar surface area (TPSA) is 29.5 Å². The molecule has 0 aliphatic heterocycles. The van der Waals surface area contributed by atoms with Crippen molar-refractivity contribution in [3.8, 4) is 5.75 Å². The second-order valence-electron chi connectivity index (χ2n) is 5.53. The number of aliphatic hydroxyl groups excluding tert-OH is 1. The van der Waals surface area contributed by atoms with Crippen molar-refractivity contribution in [2.24, 2.45) is 0 Å². The number of aryl methyl sites for hydroxylation is 1. The van der Waals surface area contributed by atoms with Crippen molar-refractivity contribution in [2.75, 3.05) is 7.11 Å². The van der Waals surface area contributed by atoms with Crippen molar-refractivity contribution in [1.82, 2.24) is 0 Å². The molecule has 2 aromatic rings. The Kier molecular flexibility index (Phi) is 4.53. The van der Waals surface area contributed by atoms with Gasteiger partial charge in [-0.05, 0) is 60.0 Å². The largest absolute Gasteiger partial charge is 0.496 e. The molecule has 1 aromatic carbocycles.